The van der Waals surface area contributed by atoms with Crippen LogP contribution < -0.4 is 0 Å². The molecular formula is C26H30O5S2. The van der Waals surface area contributed by atoms with Gasteiger partial charge in [-0.1, -0.05) is 78.4 Å². The largest absolute Gasteiger partial charge is 0.726 e. The van der Waals surface area contributed by atoms with Gasteiger partial charge >= 0.3 is 0 Å². The van der Waals surface area contributed by atoms with Crippen molar-refractivity contribution in [3.8, 4) is 0 Å². The van der Waals surface area contributed by atoms with E-state index in [2.05, 4.69) is 65.7 Å². The van der Waals surface area contributed by atoms with E-state index in [-0.39, 0.29) is 17.5 Å². The van der Waals surface area contributed by atoms with Gasteiger partial charge in [-0.05, 0) is 37.5 Å². The average molecular weight is 487 g/mol. The van der Waals surface area contributed by atoms with E-state index in [0.29, 0.717) is 11.7 Å². The van der Waals surface area contributed by atoms with Crippen LogP contribution in [0, 0.1) is 6.92 Å². The van der Waals surface area contributed by atoms with Gasteiger partial charge in [-0.25, -0.2) is 8.42 Å². The molecule has 1 aliphatic rings. The zero-order valence-corrected chi connectivity index (χ0v) is 20.4. The third-order valence-corrected chi connectivity index (χ3v) is 7.96. The SMILES string of the molecule is Cc1ccc([S+](Cc2ccccc2)CC2CCCO2)cc1.O=S(=O)([O-])OCc1ccccc1. The maximum absolute atomic E-state index is 10.0. The van der Waals surface area contributed by atoms with Crippen LogP contribution in [-0.4, -0.2) is 31.4 Å². The highest BCUT2D eigenvalue weighted by Gasteiger charge is 2.29. The monoisotopic (exact) mass is 486 g/mol. The van der Waals surface area contributed by atoms with Crippen LogP contribution in [0.3, 0.4) is 0 Å². The summed E-state index contributed by atoms with van der Waals surface area (Å²) < 4.78 is 40.0. The third-order valence-electron chi connectivity index (χ3n) is 5.16. The summed E-state index contributed by atoms with van der Waals surface area (Å²) in [5.41, 5.74) is 3.41. The second-order valence-electron chi connectivity index (χ2n) is 7.89. The maximum Gasteiger partial charge on any atom is 0.217 e. The first kappa shape index (κ1) is 25.5. The standard InChI is InChI=1S/C19H23OS.C7H8O4S/c1-16-9-11-19(12-10-16)21(15-18-8-5-13-20-18)14-17-6-3-2-4-7-17;8-12(9,10)11-6-7-4-2-1-3-5-7/h2-4,6-7,9-12,18H,5,8,13-15H2,1H3;1-5H,6H2,(H,8,9,10)/q+1;/p-1. The summed E-state index contributed by atoms with van der Waals surface area (Å²) in [4.78, 5) is 1.47. The molecule has 7 heteroatoms. The van der Waals surface area contributed by atoms with Gasteiger partial charge in [0, 0.05) is 23.1 Å². The molecule has 0 bridgehead atoms. The van der Waals surface area contributed by atoms with Crippen molar-refractivity contribution in [2.24, 2.45) is 0 Å². The maximum atomic E-state index is 10.0. The van der Waals surface area contributed by atoms with Gasteiger partial charge < -0.3 is 9.29 Å². The first-order valence-corrected chi connectivity index (χ1v) is 13.8. The van der Waals surface area contributed by atoms with Gasteiger partial charge in [-0.15, -0.1) is 0 Å². The molecule has 0 saturated carbocycles. The smallest absolute Gasteiger partial charge is 0.217 e. The summed E-state index contributed by atoms with van der Waals surface area (Å²) >= 11 is 0. The summed E-state index contributed by atoms with van der Waals surface area (Å²) in [6, 6.07) is 28.5. The Balaban J connectivity index is 0.000000218. The molecule has 0 N–H and O–H groups in total. The summed E-state index contributed by atoms with van der Waals surface area (Å²) in [6.45, 7) is 2.90. The minimum atomic E-state index is -4.57. The van der Waals surface area contributed by atoms with Crippen molar-refractivity contribution in [2.45, 2.75) is 43.1 Å². The molecule has 1 saturated heterocycles. The van der Waals surface area contributed by atoms with E-state index in [0.717, 1.165) is 18.1 Å². The lowest BCUT2D eigenvalue weighted by Crippen LogP contribution is -2.22. The molecule has 5 nitrogen and oxygen atoms in total. The topological polar surface area (TPSA) is 75.7 Å². The fourth-order valence-corrected chi connectivity index (χ4v) is 6.04. The first-order valence-electron chi connectivity index (χ1n) is 10.9. The van der Waals surface area contributed by atoms with Gasteiger partial charge in [0.1, 0.15) is 17.6 Å². The highest BCUT2D eigenvalue weighted by Crippen LogP contribution is 2.24. The summed E-state index contributed by atoms with van der Waals surface area (Å²) in [7, 11) is -4.33. The van der Waals surface area contributed by atoms with Crippen LogP contribution in [0.5, 0.6) is 0 Å². The van der Waals surface area contributed by atoms with Gasteiger partial charge in [-0.3, -0.25) is 4.18 Å². The van der Waals surface area contributed by atoms with E-state index in [9.17, 15) is 13.0 Å². The highest BCUT2D eigenvalue weighted by atomic mass is 32.3. The normalized spacial score (nSPS) is 16.6. The molecule has 1 heterocycles. The Morgan fingerprint density at radius 3 is 2.09 bits per heavy atom. The van der Waals surface area contributed by atoms with Crippen LogP contribution in [-0.2, 0) is 42.6 Å². The van der Waals surface area contributed by atoms with Crippen LogP contribution in [0.2, 0.25) is 0 Å². The first-order chi connectivity index (χ1) is 15.9. The van der Waals surface area contributed by atoms with E-state index in [1.807, 2.05) is 0 Å². The number of aryl methyl sites for hydroxylation is 1. The van der Waals surface area contributed by atoms with Crippen molar-refractivity contribution in [1.82, 2.24) is 0 Å². The van der Waals surface area contributed by atoms with Crippen molar-refractivity contribution >= 4 is 21.3 Å². The number of hydrogen-bond donors (Lipinski definition) is 0. The number of ether oxygens (including phenoxy) is 1. The summed E-state index contributed by atoms with van der Waals surface area (Å²) in [6.07, 6.45) is 2.91. The molecule has 4 rings (SSSR count). The van der Waals surface area contributed by atoms with Crippen molar-refractivity contribution in [3.05, 3.63) is 102 Å². The predicted molar refractivity (Wildman–Crippen MR) is 132 cm³/mol. The molecule has 2 atom stereocenters. The quantitative estimate of drug-likeness (QED) is 0.254. The Kier molecular flexibility index (Phi) is 9.96. The van der Waals surface area contributed by atoms with E-state index in [4.69, 9.17) is 4.74 Å². The second-order valence-corrected chi connectivity index (χ2v) is 11.0. The molecule has 0 radical (unpaired) electrons. The Morgan fingerprint density at radius 2 is 1.55 bits per heavy atom. The van der Waals surface area contributed by atoms with Crippen LogP contribution in [0.25, 0.3) is 0 Å². The molecule has 0 aromatic heterocycles. The van der Waals surface area contributed by atoms with Gasteiger partial charge in [0.05, 0.1) is 6.61 Å². The Labute approximate surface area is 200 Å². The molecule has 176 valence electrons. The van der Waals surface area contributed by atoms with E-state index < -0.39 is 10.4 Å². The van der Waals surface area contributed by atoms with Crippen LogP contribution in [0.1, 0.15) is 29.5 Å². The van der Waals surface area contributed by atoms with Gasteiger partial charge in [0.2, 0.25) is 10.4 Å². The van der Waals surface area contributed by atoms with Crippen LogP contribution in [0.4, 0.5) is 0 Å². The molecule has 0 aliphatic carbocycles. The predicted octanol–water partition coefficient (Wildman–Crippen LogP) is 5.01. The summed E-state index contributed by atoms with van der Waals surface area (Å²) in [5, 5.41) is 0. The minimum Gasteiger partial charge on any atom is -0.726 e. The molecule has 1 aliphatic heterocycles. The van der Waals surface area contributed by atoms with Crippen LogP contribution in [0.15, 0.2) is 89.8 Å². The van der Waals surface area contributed by atoms with E-state index in [1.54, 1.807) is 30.3 Å². The van der Waals surface area contributed by atoms with Gasteiger partial charge in [0.15, 0.2) is 4.90 Å². The molecule has 0 amide bonds. The molecule has 3 aromatic carbocycles. The number of rotatable bonds is 8. The fraction of sp³-hybridized carbons (Fsp3) is 0.308. The zero-order valence-electron chi connectivity index (χ0n) is 18.8. The molecule has 2 unspecified atom stereocenters. The van der Waals surface area contributed by atoms with Gasteiger partial charge in [0.25, 0.3) is 0 Å². The lowest BCUT2D eigenvalue weighted by molar-refractivity contribution is 0.128. The number of hydrogen-bond acceptors (Lipinski definition) is 5. The lowest BCUT2D eigenvalue weighted by Gasteiger charge is -2.13. The Bertz CT molecular complexity index is 1050. The second kappa shape index (κ2) is 12.9. The van der Waals surface area contributed by atoms with Crippen molar-refractivity contribution < 1.29 is 21.9 Å². The van der Waals surface area contributed by atoms with Gasteiger partial charge in [-0.2, -0.15) is 0 Å². The lowest BCUT2D eigenvalue weighted by atomic mass is 10.2. The minimum absolute atomic E-state index is 0.202. The molecule has 33 heavy (non-hydrogen) atoms. The highest BCUT2D eigenvalue weighted by molar-refractivity contribution is 7.96. The molecule has 1 fully saturated rings. The van der Waals surface area contributed by atoms with Crippen molar-refractivity contribution in [3.63, 3.8) is 0 Å². The average Bonchev–Trinajstić information content (AvgIpc) is 3.32. The molecular weight excluding hydrogens is 456 g/mol. The Morgan fingerprint density at radius 1 is 0.939 bits per heavy atom. The van der Waals surface area contributed by atoms with Crippen molar-refractivity contribution in [1.29, 1.82) is 0 Å². The third kappa shape index (κ3) is 9.70. The fourth-order valence-electron chi connectivity index (χ4n) is 3.46. The van der Waals surface area contributed by atoms with Crippen LogP contribution >= 0.6 is 0 Å². The Hall–Kier alpha value is -2.16. The summed E-state index contributed by atoms with van der Waals surface area (Å²) in [5.74, 6) is 2.29. The molecule has 0 spiro atoms. The zero-order chi connectivity index (χ0) is 23.5. The number of benzene rings is 3. The van der Waals surface area contributed by atoms with E-state index >= 15 is 0 Å². The van der Waals surface area contributed by atoms with E-state index in [1.165, 1.54) is 28.9 Å². The molecule has 3 aromatic rings. The van der Waals surface area contributed by atoms with Crippen molar-refractivity contribution in [2.75, 3.05) is 12.4 Å².